The normalized spacial score (nSPS) is 11.8. The number of hydrogen-bond acceptors (Lipinski definition) is 8. The van der Waals surface area contributed by atoms with Gasteiger partial charge >= 0.3 is 0 Å². The highest BCUT2D eigenvalue weighted by Gasteiger charge is 2.23. The summed E-state index contributed by atoms with van der Waals surface area (Å²) in [5.41, 5.74) is 7.35. The first-order valence-electron chi connectivity index (χ1n) is 9.36. The molecule has 0 fully saturated rings. The van der Waals surface area contributed by atoms with E-state index in [1.165, 1.54) is 16.6 Å². The number of nitrogens with two attached hydrogens (primary N) is 1. The van der Waals surface area contributed by atoms with Gasteiger partial charge in [-0.25, -0.2) is 4.52 Å². The molecule has 2 heterocycles. The second kappa shape index (κ2) is 7.70. The molecule has 0 aliphatic rings. The summed E-state index contributed by atoms with van der Waals surface area (Å²) in [5.74, 6) is -0.328. The average molecular weight is 397 g/mol. The van der Waals surface area contributed by atoms with E-state index in [4.69, 9.17) is 10.5 Å². The number of aromatic hydroxyl groups is 2. The predicted octanol–water partition coefficient (Wildman–Crippen LogP) is 0.957. The summed E-state index contributed by atoms with van der Waals surface area (Å²) in [6.45, 7) is 2.57. The van der Waals surface area contributed by atoms with Crippen molar-refractivity contribution in [3.63, 3.8) is 0 Å². The van der Waals surface area contributed by atoms with Crippen LogP contribution >= 0.6 is 0 Å². The van der Waals surface area contributed by atoms with Crippen LogP contribution in [0.3, 0.4) is 0 Å². The summed E-state index contributed by atoms with van der Waals surface area (Å²) in [5, 5.41) is 33.1. The van der Waals surface area contributed by atoms with Gasteiger partial charge in [0.1, 0.15) is 17.0 Å². The van der Waals surface area contributed by atoms with Crippen LogP contribution in [0.4, 0.5) is 5.69 Å². The molecule has 29 heavy (non-hydrogen) atoms. The number of methoxy groups -OCH3 is 1. The summed E-state index contributed by atoms with van der Waals surface area (Å²) in [7, 11) is 1.63. The fourth-order valence-electron chi connectivity index (χ4n) is 3.66. The van der Waals surface area contributed by atoms with Crippen LogP contribution in [0.1, 0.15) is 5.69 Å². The Bertz CT molecular complexity index is 1240. The van der Waals surface area contributed by atoms with Crippen molar-refractivity contribution < 1.29 is 14.9 Å². The maximum absolute atomic E-state index is 13.3. The number of anilines is 1. The van der Waals surface area contributed by atoms with E-state index in [1.54, 1.807) is 7.11 Å². The van der Waals surface area contributed by atoms with Crippen molar-refractivity contribution in [1.29, 1.82) is 0 Å². The third kappa shape index (κ3) is 3.09. The van der Waals surface area contributed by atoms with Crippen LogP contribution in [-0.2, 0) is 11.3 Å². The first kappa shape index (κ1) is 19.2. The van der Waals surface area contributed by atoms with Gasteiger partial charge in [0, 0.05) is 44.4 Å². The number of nitrogens with one attached hydrogen (secondary N) is 2. The summed E-state index contributed by atoms with van der Waals surface area (Å²) in [4.78, 5) is 13.3. The van der Waals surface area contributed by atoms with Crippen molar-refractivity contribution in [2.45, 2.75) is 6.54 Å². The molecule has 4 aromatic rings. The molecule has 2 aromatic carbocycles. The van der Waals surface area contributed by atoms with Crippen LogP contribution in [0.15, 0.2) is 29.1 Å². The van der Waals surface area contributed by atoms with Crippen molar-refractivity contribution in [2.24, 2.45) is 5.73 Å². The van der Waals surface area contributed by atoms with Crippen LogP contribution in [0, 0.1) is 0 Å². The highest BCUT2D eigenvalue weighted by atomic mass is 16.5. The number of hydrogen-bond donors (Lipinski definition) is 5. The molecular weight excluding hydrogens is 374 g/mol. The average Bonchev–Trinajstić information content (AvgIpc) is 3.08. The molecule has 0 atom stereocenters. The number of nitrogens with zero attached hydrogens (tertiary/aromatic N) is 2. The number of ether oxygens (including phenoxy) is 1. The Labute approximate surface area is 166 Å². The highest BCUT2D eigenvalue weighted by Crippen LogP contribution is 2.36. The fourth-order valence-corrected chi connectivity index (χ4v) is 3.66. The number of aromatic nitrogens is 2. The molecule has 0 aliphatic carbocycles. The summed E-state index contributed by atoms with van der Waals surface area (Å²) < 4.78 is 6.59. The van der Waals surface area contributed by atoms with E-state index in [2.05, 4.69) is 15.7 Å². The SMILES string of the molecule is COCCNCc1nn2c3c(O)ccc(O)c3c(=O)c3c(NCCN)ccc1c32. The quantitative estimate of drug-likeness (QED) is 0.169. The van der Waals surface area contributed by atoms with E-state index < -0.39 is 0 Å². The molecular formula is C20H23N5O4. The molecule has 0 spiro atoms. The minimum atomic E-state index is -0.371. The molecule has 0 radical (unpaired) electrons. The molecule has 9 heteroatoms. The molecule has 0 aliphatic heterocycles. The maximum Gasteiger partial charge on any atom is 0.203 e. The zero-order chi connectivity index (χ0) is 20.5. The van der Waals surface area contributed by atoms with Gasteiger partial charge in [-0.05, 0) is 24.3 Å². The Balaban J connectivity index is 2.04. The number of benzene rings is 2. The zero-order valence-electron chi connectivity index (χ0n) is 16.0. The van der Waals surface area contributed by atoms with Crippen molar-refractivity contribution >= 4 is 32.9 Å². The lowest BCUT2D eigenvalue weighted by Crippen LogP contribution is -2.18. The maximum atomic E-state index is 13.3. The van der Waals surface area contributed by atoms with Crippen LogP contribution in [0.5, 0.6) is 11.5 Å². The summed E-state index contributed by atoms with van der Waals surface area (Å²) in [6, 6.07) is 6.38. The van der Waals surface area contributed by atoms with Crippen molar-refractivity contribution in [1.82, 2.24) is 14.9 Å². The third-order valence-corrected chi connectivity index (χ3v) is 4.96. The molecule has 2 aromatic heterocycles. The first-order chi connectivity index (χ1) is 14.1. The highest BCUT2D eigenvalue weighted by molar-refractivity contribution is 6.10. The van der Waals surface area contributed by atoms with E-state index >= 15 is 0 Å². The van der Waals surface area contributed by atoms with Crippen LogP contribution in [0.2, 0.25) is 0 Å². The monoisotopic (exact) mass is 397 g/mol. The van der Waals surface area contributed by atoms with Gasteiger partial charge in [-0.15, -0.1) is 0 Å². The Morgan fingerprint density at radius 1 is 1.10 bits per heavy atom. The number of phenols is 2. The summed E-state index contributed by atoms with van der Waals surface area (Å²) in [6.07, 6.45) is 0. The Morgan fingerprint density at radius 2 is 1.90 bits per heavy atom. The van der Waals surface area contributed by atoms with Gasteiger partial charge in [-0.1, -0.05) is 0 Å². The van der Waals surface area contributed by atoms with Crippen LogP contribution in [0.25, 0.3) is 27.2 Å². The molecule has 0 saturated heterocycles. The Hall–Kier alpha value is -3.14. The molecule has 152 valence electrons. The number of pyridine rings is 1. The van der Waals surface area contributed by atoms with E-state index in [9.17, 15) is 15.0 Å². The standard InChI is InChI=1S/C20H23N5O4/c1-29-9-8-22-10-13-11-2-3-12(23-7-6-21)16-18(11)25(24-13)19-15(27)5-4-14(26)17(19)20(16)28/h2-5,22-23,26-27H,6-10,21H2,1H3. The smallest absolute Gasteiger partial charge is 0.203 e. The minimum Gasteiger partial charge on any atom is -0.507 e. The van der Waals surface area contributed by atoms with Gasteiger partial charge in [0.05, 0.1) is 28.6 Å². The van der Waals surface area contributed by atoms with Crippen molar-refractivity contribution in [3.05, 3.63) is 40.2 Å². The zero-order valence-corrected chi connectivity index (χ0v) is 16.0. The van der Waals surface area contributed by atoms with Gasteiger partial charge in [0.2, 0.25) is 5.43 Å². The molecule has 6 N–H and O–H groups in total. The van der Waals surface area contributed by atoms with Gasteiger partial charge in [-0.2, -0.15) is 5.10 Å². The van der Waals surface area contributed by atoms with Gasteiger partial charge in [0.15, 0.2) is 0 Å². The lowest BCUT2D eigenvalue weighted by atomic mass is 10.0. The van der Waals surface area contributed by atoms with E-state index in [1.807, 2.05) is 12.1 Å². The second-order valence-corrected chi connectivity index (χ2v) is 6.78. The lowest BCUT2D eigenvalue weighted by molar-refractivity contribution is 0.199. The molecule has 0 saturated carbocycles. The van der Waals surface area contributed by atoms with Gasteiger partial charge in [-0.3, -0.25) is 4.79 Å². The molecule has 4 rings (SSSR count). The van der Waals surface area contributed by atoms with Crippen molar-refractivity contribution in [2.75, 3.05) is 38.7 Å². The Kier molecular flexibility index (Phi) is 5.10. The largest absolute Gasteiger partial charge is 0.507 e. The molecule has 0 unspecified atom stereocenters. The van der Waals surface area contributed by atoms with Crippen LogP contribution < -0.4 is 21.8 Å². The molecule has 0 bridgehead atoms. The topological polar surface area (TPSA) is 134 Å². The summed E-state index contributed by atoms with van der Waals surface area (Å²) >= 11 is 0. The lowest BCUT2D eigenvalue weighted by Gasteiger charge is -2.12. The number of rotatable bonds is 8. The predicted molar refractivity (Wildman–Crippen MR) is 112 cm³/mol. The Morgan fingerprint density at radius 3 is 2.66 bits per heavy atom. The van der Waals surface area contributed by atoms with Gasteiger partial charge < -0.3 is 31.3 Å². The number of fused-ring (bicyclic) bond motifs is 2. The van der Waals surface area contributed by atoms with E-state index in [-0.39, 0.29) is 27.8 Å². The second-order valence-electron chi connectivity index (χ2n) is 6.78. The van der Waals surface area contributed by atoms with E-state index in [0.29, 0.717) is 49.4 Å². The molecule has 9 nitrogen and oxygen atoms in total. The fraction of sp³-hybridized carbons (Fsp3) is 0.300. The third-order valence-electron chi connectivity index (χ3n) is 4.96. The van der Waals surface area contributed by atoms with Crippen LogP contribution in [-0.4, -0.2) is 53.2 Å². The molecule has 0 amide bonds. The minimum absolute atomic E-state index is 0.0304. The van der Waals surface area contributed by atoms with E-state index in [0.717, 1.165) is 11.1 Å². The van der Waals surface area contributed by atoms with Gasteiger partial charge in [0.25, 0.3) is 0 Å². The first-order valence-corrected chi connectivity index (χ1v) is 9.36. The van der Waals surface area contributed by atoms with Crippen molar-refractivity contribution in [3.8, 4) is 11.5 Å². The number of phenolic OH excluding ortho intramolecular Hbond substituents is 2.